The molecule has 2 aromatic carbocycles. The number of phenolic OH excluding ortho intramolecular Hbond substituents is 1. The Morgan fingerprint density at radius 3 is 2.66 bits per heavy atom. The van der Waals surface area contributed by atoms with E-state index in [-0.39, 0.29) is 16.8 Å². The lowest BCUT2D eigenvalue weighted by Crippen LogP contribution is -2.12. The molecule has 0 aliphatic carbocycles. The molecule has 1 unspecified atom stereocenters. The highest BCUT2D eigenvalue weighted by molar-refractivity contribution is 6.33. The molecule has 5 rings (SSSR count). The van der Waals surface area contributed by atoms with Crippen LogP contribution >= 0.6 is 11.6 Å². The monoisotopic (exact) mass is 408 g/mol. The van der Waals surface area contributed by atoms with Crippen molar-refractivity contribution in [2.24, 2.45) is 0 Å². The summed E-state index contributed by atoms with van der Waals surface area (Å²) in [5.74, 6) is 0.263. The molecule has 0 fully saturated rings. The second-order valence-electron chi connectivity index (χ2n) is 6.37. The van der Waals surface area contributed by atoms with Crippen LogP contribution in [-0.4, -0.2) is 27.4 Å². The van der Waals surface area contributed by atoms with Crippen LogP contribution in [0.5, 0.6) is 11.5 Å². The molecule has 0 bridgehead atoms. The molecule has 148 valence electrons. The third kappa shape index (κ3) is 2.96. The van der Waals surface area contributed by atoms with E-state index < -0.39 is 0 Å². The molecule has 0 saturated carbocycles. The van der Waals surface area contributed by atoms with Crippen molar-refractivity contribution >= 4 is 28.3 Å². The van der Waals surface area contributed by atoms with Gasteiger partial charge in [0.1, 0.15) is 0 Å². The van der Waals surface area contributed by atoms with Crippen molar-refractivity contribution in [1.29, 1.82) is 0 Å². The second kappa shape index (κ2) is 7.64. The van der Waals surface area contributed by atoms with Crippen molar-refractivity contribution in [1.82, 2.24) is 15.2 Å². The normalized spacial score (nSPS) is 14.3. The third-order valence-electron chi connectivity index (χ3n) is 4.97. The number of phenols is 1. The van der Waals surface area contributed by atoms with Crippen molar-refractivity contribution in [3.05, 3.63) is 64.9 Å². The van der Waals surface area contributed by atoms with Gasteiger partial charge in [-0.1, -0.05) is 49.7 Å². The van der Waals surface area contributed by atoms with Gasteiger partial charge in [-0.15, -0.1) is 5.10 Å². The Hall–Kier alpha value is -3.25. The number of fused-ring (bicyclic) bond motifs is 2. The minimum Gasteiger partial charge on any atom is -0.503 e. The molecular weight excluding hydrogens is 388 g/mol. The number of anilines is 1. The number of aromatic hydroxyl groups is 1. The fourth-order valence-corrected chi connectivity index (χ4v) is 3.97. The molecule has 3 heterocycles. The van der Waals surface area contributed by atoms with Crippen molar-refractivity contribution in [2.75, 3.05) is 12.4 Å². The number of nitrogens with zero attached hydrogens (tertiary/aromatic N) is 2. The first-order valence-electron chi connectivity index (χ1n) is 9.43. The topological polar surface area (TPSA) is 83.1 Å². The largest absolute Gasteiger partial charge is 0.503 e. The lowest BCUT2D eigenvalue weighted by Gasteiger charge is -2.21. The molecular formula is C22H21ClN4O2. The maximum atomic E-state index is 10.4. The summed E-state index contributed by atoms with van der Waals surface area (Å²) in [7, 11) is 1.50. The molecule has 1 atom stereocenters. The van der Waals surface area contributed by atoms with Crippen LogP contribution in [0.1, 0.15) is 31.0 Å². The number of benzene rings is 2. The highest BCUT2D eigenvalue weighted by Gasteiger charge is 2.28. The zero-order valence-corrected chi connectivity index (χ0v) is 17.1. The highest BCUT2D eigenvalue weighted by Crippen LogP contribution is 2.46. The molecule has 0 spiro atoms. The van der Waals surface area contributed by atoms with Gasteiger partial charge >= 0.3 is 0 Å². The van der Waals surface area contributed by atoms with E-state index in [1.165, 1.54) is 7.11 Å². The van der Waals surface area contributed by atoms with Crippen LogP contribution in [0.25, 0.3) is 22.2 Å². The van der Waals surface area contributed by atoms with Gasteiger partial charge in [-0.2, -0.15) is 5.10 Å². The van der Waals surface area contributed by atoms with Crippen LogP contribution in [0.3, 0.4) is 0 Å². The number of halogens is 1. The number of ether oxygens (including phenoxy) is 1. The number of aromatic amines is 1. The molecule has 6 nitrogen and oxygen atoms in total. The van der Waals surface area contributed by atoms with E-state index in [2.05, 4.69) is 20.5 Å². The van der Waals surface area contributed by atoms with E-state index in [4.69, 9.17) is 16.3 Å². The van der Waals surface area contributed by atoms with Gasteiger partial charge in [-0.05, 0) is 12.1 Å². The summed E-state index contributed by atoms with van der Waals surface area (Å²) in [6.07, 6.45) is 3.68. The molecule has 1 aliphatic heterocycles. The summed E-state index contributed by atoms with van der Waals surface area (Å²) in [6.45, 7) is 4.00. The molecule has 0 radical (unpaired) electrons. The minimum absolute atomic E-state index is 0.0733. The Morgan fingerprint density at radius 2 is 1.86 bits per heavy atom. The summed E-state index contributed by atoms with van der Waals surface area (Å²) in [5, 5.41) is 23.6. The zero-order valence-electron chi connectivity index (χ0n) is 16.3. The standard InChI is InChI=1S/C20H15ClN4O2.C2H6/c1-27-15-7-6-11(17(21)19(15)26)18-13-8-22-20-16(13)12(9-23-25-20)10-4-2-3-5-14(10)24-18;1-2/h2-9,18,24,26H,1H3,(H,22,25);1-2H3. The highest BCUT2D eigenvalue weighted by atomic mass is 35.5. The zero-order chi connectivity index (χ0) is 20.5. The van der Waals surface area contributed by atoms with Gasteiger partial charge in [0, 0.05) is 39.5 Å². The maximum absolute atomic E-state index is 10.4. The predicted molar refractivity (Wildman–Crippen MR) is 116 cm³/mol. The van der Waals surface area contributed by atoms with Crippen molar-refractivity contribution in [3.8, 4) is 22.6 Å². The Bertz CT molecular complexity index is 1190. The molecule has 29 heavy (non-hydrogen) atoms. The number of nitrogens with one attached hydrogen (secondary N) is 2. The Labute approximate surface area is 173 Å². The summed E-state index contributed by atoms with van der Waals surface area (Å²) in [4.78, 5) is 3.19. The van der Waals surface area contributed by atoms with E-state index in [9.17, 15) is 5.11 Å². The first-order valence-corrected chi connectivity index (χ1v) is 9.80. The summed E-state index contributed by atoms with van der Waals surface area (Å²) >= 11 is 6.51. The van der Waals surface area contributed by atoms with E-state index in [0.29, 0.717) is 11.4 Å². The van der Waals surface area contributed by atoms with Crippen LogP contribution < -0.4 is 10.1 Å². The summed E-state index contributed by atoms with van der Waals surface area (Å²) in [5.41, 5.74) is 5.43. The molecule has 7 heteroatoms. The Balaban J connectivity index is 0.000000994. The number of aromatic nitrogens is 3. The van der Waals surface area contributed by atoms with Crippen LogP contribution in [-0.2, 0) is 0 Å². The number of hydrogen-bond donors (Lipinski definition) is 3. The molecule has 2 aromatic heterocycles. The van der Waals surface area contributed by atoms with Crippen LogP contribution in [0.4, 0.5) is 5.69 Å². The average Bonchev–Trinajstić information content (AvgIpc) is 3.14. The quantitative estimate of drug-likeness (QED) is 0.406. The third-order valence-corrected chi connectivity index (χ3v) is 5.37. The van der Waals surface area contributed by atoms with Gasteiger partial charge < -0.3 is 20.1 Å². The first-order chi connectivity index (χ1) is 14.2. The fraction of sp³-hybridized carbons (Fsp3) is 0.182. The van der Waals surface area contributed by atoms with Gasteiger partial charge in [-0.3, -0.25) is 0 Å². The number of rotatable bonds is 2. The van der Waals surface area contributed by atoms with Gasteiger partial charge in [0.15, 0.2) is 17.1 Å². The summed E-state index contributed by atoms with van der Waals surface area (Å²) < 4.78 is 5.17. The Morgan fingerprint density at radius 1 is 1.07 bits per heavy atom. The van der Waals surface area contributed by atoms with Gasteiger partial charge in [0.2, 0.25) is 0 Å². The smallest absolute Gasteiger partial charge is 0.177 e. The van der Waals surface area contributed by atoms with E-state index in [1.807, 2.05) is 50.4 Å². The Kier molecular flexibility index (Phi) is 5.03. The molecule has 0 saturated heterocycles. The van der Waals surface area contributed by atoms with E-state index in [0.717, 1.165) is 33.3 Å². The number of H-pyrrole nitrogens is 1. The van der Waals surface area contributed by atoms with Gasteiger partial charge in [0.25, 0.3) is 0 Å². The summed E-state index contributed by atoms with van der Waals surface area (Å²) in [6, 6.07) is 11.3. The SMILES string of the molecule is CC.COc1ccc(C2Nc3ccccc3-c3cnnc4[nH]cc2c34)c(Cl)c1O. The van der Waals surface area contributed by atoms with Crippen molar-refractivity contribution in [3.63, 3.8) is 0 Å². The van der Waals surface area contributed by atoms with E-state index in [1.54, 1.807) is 12.3 Å². The number of hydrogen-bond acceptors (Lipinski definition) is 5. The number of methoxy groups -OCH3 is 1. The van der Waals surface area contributed by atoms with Crippen LogP contribution in [0.15, 0.2) is 48.8 Å². The minimum atomic E-state index is -0.283. The molecule has 0 amide bonds. The lowest BCUT2D eigenvalue weighted by atomic mass is 9.97. The van der Waals surface area contributed by atoms with E-state index >= 15 is 0 Å². The lowest BCUT2D eigenvalue weighted by molar-refractivity contribution is 0.373. The van der Waals surface area contributed by atoms with Crippen molar-refractivity contribution < 1.29 is 9.84 Å². The molecule has 4 aromatic rings. The number of para-hydroxylation sites is 1. The van der Waals surface area contributed by atoms with Crippen molar-refractivity contribution in [2.45, 2.75) is 19.9 Å². The van der Waals surface area contributed by atoms with Gasteiger partial charge in [0.05, 0.1) is 24.4 Å². The second-order valence-corrected chi connectivity index (χ2v) is 6.75. The van der Waals surface area contributed by atoms with Gasteiger partial charge in [-0.25, -0.2) is 0 Å². The predicted octanol–water partition coefficient (Wildman–Crippen LogP) is 5.53. The first kappa shape index (κ1) is 19.1. The molecule has 3 N–H and O–H groups in total. The maximum Gasteiger partial charge on any atom is 0.177 e. The fourth-order valence-electron chi connectivity index (χ4n) is 3.70. The van der Waals surface area contributed by atoms with Crippen LogP contribution in [0.2, 0.25) is 5.02 Å². The molecule has 1 aliphatic rings. The van der Waals surface area contributed by atoms with Crippen LogP contribution in [0, 0.1) is 0 Å². The average molecular weight is 409 g/mol.